The van der Waals surface area contributed by atoms with Crippen LogP contribution in [-0.4, -0.2) is 0 Å². The summed E-state index contributed by atoms with van der Waals surface area (Å²) in [7, 11) is 0. The molecule has 1 nitrogen and oxygen atoms in total. The zero-order valence-electron chi connectivity index (χ0n) is 17.2. The predicted molar refractivity (Wildman–Crippen MR) is 112 cm³/mol. The molecule has 1 heteroatoms. The highest BCUT2D eigenvalue weighted by Crippen LogP contribution is 2.37. The summed E-state index contributed by atoms with van der Waals surface area (Å²) in [5.74, 6) is 1.01. The van der Waals surface area contributed by atoms with E-state index in [9.17, 15) is 0 Å². The molecule has 0 amide bonds. The van der Waals surface area contributed by atoms with Crippen molar-refractivity contribution >= 4 is 11.4 Å². The summed E-state index contributed by atoms with van der Waals surface area (Å²) in [4.78, 5) is 0. The highest BCUT2D eigenvalue weighted by atomic mass is 14.9. The largest absolute Gasteiger partial charge is 0.355 e. The quantitative estimate of drug-likeness (QED) is 0.556. The molecule has 0 saturated carbocycles. The van der Waals surface area contributed by atoms with Gasteiger partial charge in [-0.05, 0) is 58.9 Å². The lowest BCUT2D eigenvalue weighted by Crippen LogP contribution is -2.07. The maximum Gasteiger partial charge on any atom is 0.0454 e. The van der Waals surface area contributed by atoms with Crippen LogP contribution in [0.25, 0.3) is 0 Å². The zero-order valence-corrected chi connectivity index (χ0v) is 17.2. The molecule has 1 N–H and O–H groups in total. The van der Waals surface area contributed by atoms with Crippen LogP contribution in [0.5, 0.6) is 0 Å². The van der Waals surface area contributed by atoms with E-state index in [1.807, 2.05) is 0 Å². The van der Waals surface area contributed by atoms with Gasteiger partial charge in [-0.25, -0.2) is 0 Å². The van der Waals surface area contributed by atoms with Gasteiger partial charge in [0.15, 0.2) is 0 Å². The molecule has 2 rings (SSSR count). The molecule has 0 aliphatic rings. The van der Waals surface area contributed by atoms with Crippen molar-refractivity contribution in [2.24, 2.45) is 0 Å². The van der Waals surface area contributed by atoms with Crippen LogP contribution in [0.2, 0.25) is 0 Å². The Bertz CT molecular complexity index is 659. The second-order valence-corrected chi connectivity index (χ2v) is 7.60. The lowest BCUT2D eigenvalue weighted by Gasteiger charge is -2.24. The van der Waals surface area contributed by atoms with Crippen LogP contribution in [0.1, 0.15) is 88.1 Å². The predicted octanol–water partition coefficient (Wildman–Crippen LogP) is 7.36. The number of nitrogens with one attached hydrogen (secondary N) is 1. The SMILES string of the molecule is CCc1cc(CC)c(Nc2c(C(C)C)cccc2C(C)C)c(CC)c1. The fraction of sp³-hybridized carbons (Fsp3) is 0.500. The minimum absolute atomic E-state index is 0.506. The first kappa shape index (κ1) is 19.6. The second kappa shape index (κ2) is 8.56. The van der Waals surface area contributed by atoms with Gasteiger partial charge in [-0.2, -0.15) is 0 Å². The van der Waals surface area contributed by atoms with Gasteiger partial charge in [0, 0.05) is 11.4 Å². The number of aryl methyl sites for hydroxylation is 3. The highest BCUT2D eigenvalue weighted by Gasteiger charge is 2.16. The third kappa shape index (κ3) is 4.26. The van der Waals surface area contributed by atoms with Crippen molar-refractivity contribution in [2.45, 2.75) is 79.6 Å². The van der Waals surface area contributed by atoms with Crippen LogP contribution in [0, 0.1) is 0 Å². The van der Waals surface area contributed by atoms with Crippen molar-refractivity contribution in [1.82, 2.24) is 0 Å². The topological polar surface area (TPSA) is 12.0 Å². The van der Waals surface area contributed by atoms with Crippen molar-refractivity contribution in [2.75, 3.05) is 5.32 Å². The number of para-hydroxylation sites is 1. The second-order valence-electron chi connectivity index (χ2n) is 7.60. The van der Waals surface area contributed by atoms with Crippen LogP contribution in [0.4, 0.5) is 11.4 Å². The molecule has 0 spiro atoms. The molecule has 0 heterocycles. The average Bonchev–Trinajstić information content (AvgIpc) is 2.61. The van der Waals surface area contributed by atoms with E-state index in [1.54, 1.807) is 0 Å². The van der Waals surface area contributed by atoms with E-state index in [1.165, 1.54) is 39.2 Å². The van der Waals surface area contributed by atoms with Gasteiger partial charge in [-0.1, -0.05) is 78.8 Å². The summed E-state index contributed by atoms with van der Waals surface area (Å²) < 4.78 is 0. The van der Waals surface area contributed by atoms with Gasteiger partial charge in [0.1, 0.15) is 0 Å². The molecule has 0 aromatic heterocycles. The van der Waals surface area contributed by atoms with Gasteiger partial charge in [0.05, 0.1) is 0 Å². The molecule has 0 saturated heterocycles. The number of anilines is 2. The molecule has 136 valence electrons. The summed E-state index contributed by atoms with van der Waals surface area (Å²) in [6, 6.07) is 11.5. The molecule has 0 radical (unpaired) electrons. The Balaban J connectivity index is 2.63. The number of hydrogen-bond donors (Lipinski definition) is 1. The Morgan fingerprint density at radius 1 is 0.720 bits per heavy atom. The van der Waals surface area contributed by atoms with Crippen LogP contribution in [0.15, 0.2) is 30.3 Å². The van der Waals surface area contributed by atoms with E-state index in [0.29, 0.717) is 11.8 Å². The number of rotatable bonds is 7. The molecule has 0 unspecified atom stereocenters. The first-order valence-electron chi connectivity index (χ1n) is 9.97. The molecule has 0 aliphatic carbocycles. The standard InChI is InChI=1S/C24H35N/c1-8-18-14-19(9-2)23(20(10-3)15-18)25-24-21(16(4)5)12-11-13-22(24)17(6)7/h11-17,25H,8-10H2,1-7H3. The Hall–Kier alpha value is -1.76. The normalized spacial score (nSPS) is 11.4. The summed E-state index contributed by atoms with van der Waals surface area (Å²) in [6.45, 7) is 15.9. The third-order valence-corrected chi connectivity index (χ3v) is 5.15. The molecule has 0 aliphatic heterocycles. The fourth-order valence-corrected chi connectivity index (χ4v) is 3.58. The summed E-state index contributed by atoms with van der Waals surface area (Å²) in [5, 5.41) is 3.89. The number of hydrogen-bond acceptors (Lipinski definition) is 1. The Labute approximate surface area is 154 Å². The summed E-state index contributed by atoms with van der Waals surface area (Å²) in [5.41, 5.74) is 9.79. The lowest BCUT2D eigenvalue weighted by atomic mass is 9.91. The minimum Gasteiger partial charge on any atom is -0.355 e. The first-order valence-corrected chi connectivity index (χ1v) is 9.97. The van der Waals surface area contributed by atoms with Gasteiger partial charge in [0.25, 0.3) is 0 Å². The average molecular weight is 338 g/mol. The molecule has 0 fully saturated rings. The molecule has 0 bridgehead atoms. The number of benzene rings is 2. The zero-order chi connectivity index (χ0) is 18.6. The first-order chi connectivity index (χ1) is 11.9. The molecule has 2 aromatic carbocycles. The van der Waals surface area contributed by atoms with Crippen molar-refractivity contribution in [1.29, 1.82) is 0 Å². The maximum absolute atomic E-state index is 3.89. The van der Waals surface area contributed by atoms with Crippen LogP contribution in [0.3, 0.4) is 0 Å². The van der Waals surface area contributed by atoms with E-state index in [0.717, 1.165) is 19.3 Å². The van der Waals surface area contributed by atoms with Gasteiger partial charge < -0.3 is 5.32 Å². The molecule has 2 aromatic rings. The van der Waals surface area contributed by atoms with Crippen LogP contribution >= 0.6 is 0 Å². The van der Waals surface area contributed by atoms with Gasteiger partial charge >= 0.3 is 0 Å². The van der Waals surface area contributed by atoms with E-state index >= 15 is 0 Å². The van der Waals surface area contributed by atoms with Crippen molar-refractivity contribution in [3.63, 3.8) is 0 Å². The van der Waals surface area contributed by atoms with Crippen molar-refractivity contribution < 1.29 is 0 Å². The van der Waals surface area contributed by atoms with Crippen LogP contribution < -0.4 is 5.32 Å². The van der Waals surface area contributed by atoms with E-state index < -0.39 is 0 Å². The van der Waals surface area contributed by atoms with Crippen molar-refractivity contribution in [3.8, 4) is 0 Å². The van der Waals surface area contributed by atoms with E-state index in [-0.39, 0.29) is 0 Å². The van der Waals surface area contributed by atoms with Crippen molar-refractivity contribution in [3.05, 3.63) is 58.1 Å². The highest BCUT2D eigenvalue weighted by molar-refractivity contribution is 5.73. The summed E-state index contributed by atoms with van der Waals surface area (Å²) >= 11 is 0. The Kier molecular flexibility index (Phi) is 6.70. The fourth-order valence-electron chi connectivity index (χ4n) is 3.58. The minimum atomic E-state index is 0.506. The Morgan fingerprint density at radius 3 is 1.56 bits per heavy atom. The van der Waals surface area contributed by atoms with Gasteiger partial charge in [-0.15, -0.1) is 0 Å². The van der Waals surface area contributed by atoms with Crippen LogP contribution in [-0.2, 0) is 19.3 Å². The lowest BCUT2D eigenvalue weighted by molar-refractivity contribution is 0.838. The summed E-state index contributed by atoms with van der Waals surface area (Å²) in [6.07, 6.45) is 3.22. The van der Waals surface area contributed by atoms with Gasteiger partial charge in [0.2, 0.25) is 0 Å². The maximum atomic E-state index is 3.89. The Morgan fingerprint density at radius 2 is 1.20 bits per heavy atom. The van der Waals surface area contributed by atoms with E-state index in [4.69, 9.17) is 0 Å². The molecular weight excluding hydrogens is 302 g/mol. The monoisotopic (exact) mass is 337 g/mol. The molecule has 0 atom stereocenters. The third-order valence-electron chi connectivity index (χ3n) is 5.15. The molecule has 25 heavy (non-hydrogen) atoms. The van der Waals surface area contributed by atoms with Gasteiger partial charge in [-0.3, -0.25) is 0 Å². The molecular formula is C24H35N. The smallest absolute Gasteiger partial charge is 0.0454 e. The van der Waals surface area contributed by atoms with E-state index in [2.05, 4.69) is 84.1 Å².